The number of anilines is 1. The van der Waals surface area contributed by atoms with Gasteiger partial charge in [-0.2, -0.15) is 9.61 Å². The Hall–Kier alpha value is -1.95. The van der Waals surface area contributed by atoms with Crippen molar-refractivity contribution in [2.45, 2.75) is 13.3 Å². The van der Waals surface area contributed by atoms with E-state index in [2.05, 4.69) is 28.3 Å². The Labute approximate surface area is 102 Å². The zero-order valence-corrected chi connectivity index (χ0v) is 10.1. The molecule has 0 aliphatic heterocycles. The van der Waals surface area contributed by atoms with Crippen molar-refractivity contribution in [3.63, 3.8) is 0 Å². The highest BCUT2D eigenvalue weighted by atomic mass is 32.1. The molecule has 6 heteroatoms. The van der Waals surface area contributed by atoms with Gasteiger partial charge in [0.05, 0.1) is 10.6 Å². The van der Waals surface area contributed by atoms with E-state index in [1.54, 1.807) is 22.0 Å². The summed E-state index contributed by atoms with van der Waals surface area (Å²) in [6.45, 7) is 2.11. The van der Waals surface area contributed by atoms with Gasteiger partial charge in [0.1, 0.15) is 0 Å². The number of nitrogens with two attached hydrogens (primary N) is 1. The fraction of sp³-hybridized carbons (Fsp3) is 0.182. The number of fused-ring (bicyclic) bond motifs is 1. The lowest BCUT2D eigenvalue weighted by atomic mass is 10.2. The lowest BCUT2D eigenvalue weighted by molar-refractivity contribution is 0.936. The molecule has 3 heterocycles. The molecule has 0 radical (unpaired) electrons. The monoisotopic (exact) mass is 245 g/mol. The van der Waals surface area contributed by atoms with E-state index in [9.17, 15) is 0 Å². The lowest BCUT2D eigenvalue weighted by Gasteiger charge is -1.96. The number of rotatable bonds is 2. The summed E-state index contributed by atoms with van der Waals surface area (Å²) in [7, 11) is 0. The Bertz CT molecular complexity index is 669. The molecule has 0 bridgehead atoms. The van der Waals surface area contributed by atoms with Crippen LogP contribution < -0.4 is 5.73 Å². The average Bonchev–Trinajstić information content (AvgIpc) is 2.92. The molecular weight excluding hydrogens is 234 g/mol. The van der Waals surface area contributed by atoms with Crippen LogP contribution >= 0.6 is 11.3 Å². The van der Waals surface area contributed by atoms with Gasteiger partial charge in [0.25, 0.3) is 0 Å². The minimum Gasteiger partial charge on any atom is -0.390 e. The minimum atomic E-state index is 0.703. The van der Waals surface area contributed by atoms with Crippen LogP contribution in [0.1, 0.15) is 11.8 Å². The topological polar surface area (TPSA) is 69.1 Å². The van der Waals surface area contributed by atoms with Gasteiger partial charge in [-0.1, -0.05) is 6.92 Å². The molecule has 3 aromatic rings. The van der Waals surface area contributed by atoms with Crippen LogP contribution in [-0.2, 0) is 6.42 Å². The van der Waals surface area contributed by atoms with Crippen molar-refractivity contribution in [3.8, 4) is 11.4 Å². The Balaban J connectivity index is 2.23. The predicted octanol–water partition coefficient (Wildman–Crippen LogP) is 2.00. The Morgan fingerprint density at radius 1 is 1.41 bits per heavy atom. The number of thiophene rings is 1. The number of hydrogen-bond acceptors (Lipinski definition) is 5. The SMILES string of the molecule is CCc1cc(-c2nnc3cccnn23)c(N)s1. The summed E-state index contributed by atoms with van der Waals surface area (Å²) < 4.78 is 1.71. The smallest absolute Gasteiger partial charge is 0.188 e. The van der Waals surface area contributed by atoms with Crippen molar-refractivity contribution in [3.05, 3.63) is 29.3 Å². The standard InChI is InChI=1S/C11H11N5S/c1-2-7-6-8(10(12)17-7)11-15-14-9-4-3-5-13-16(9)11/h3-6H,2,12H2,1H3. The molecular formula is C11H11N5S. The number of nitrogen functional groups attached to an aromatic ring is 1. The van der Waals surface area contributed by atoms with E-state index in [1.807, 2.05) is 12.1 Å². The van der Waals surface area contributed by atoms with Crippen molar-refractivity contribution < 1.29 is 0 Å². The summed E-state index contributed by atoms with van der Waals surface area (Å²) in [6, 6.07) is 5.76. The average molecular weight is 245 g/mol. The molecule has 0 aliphatic carbocycles. The highest BCUT2D eigenvalue weighted by molar-refractivity contribution is 7.16. The Kier molecular flexibility index (Phi) is 2.29. The summed E-state index contributed by atoms with van der Waals surface area (Å²) in [6.07, 6.45) is 2.68. The quantitative estimate of drug-likeness (QED) is 0.749. The first kappa shape index (κ1) is 10.2. The first-order valence-corrected chi connectivity index (χ1v) is 6.16. The zero-order valence-electron chi connectivity index (χ0n) is 9.29. The van der Waals surface area contributed by atoms with Crippen molar-refractivity contribution >= 4 is 22.0 Å². The first-order chi connectivity index (χ1) is 8.29. The van der Waals surface area contributed by atoms with Crippen molar-refractivity contribution in [1.29, 1.82) is 0 Å². The van der Waals surface area contributed by atoms with Gasteiger partial charge in [-0.05, 0) is 24.6 Å². The molecule has 0 saturated carbocycles. The summed E-state index contributed by atoms with van der Waals surface area (Å²) in [4.78, 5) is 1.24. The number of aromatic nitrogens is 4. The molecule has 0 fully saturated rings. The van der Waals surface area contributed by atoms with Crippen LogP contribution in [0.15, 0.2) is 24.4 Å². The minimum absolute atomic E-state index is 0.703. The third-order valence-corrected chi connectivity index (χ3v) is 3.69. The van der Waals surface area contributed by atoms with Crippen LogP contribution in [-0.4, -0.2) is 19.8 Å². The van der Waals surface area contributed by atoms with E-state index in [0.29, 0.717) is 5.82 Å². The normalized spacial score (nSPS) is 11.1. The molecule has 3 rings (SSSR count). The molecule has 86 valence electrons. The maximum Gasteiger partial charge on any atom is 0.188 e. The van der Waals surface area contributed by atoms with Crippen LogP contribution in [0.5, 0.6) is 0 Å². The van der Waals surface area contributed by atoms with Gasteiger partial charge < -0.3 is 5.73 Å². The fourth-order valence-corrected chi connectivity index (χ4v) is 2.58. The van der Waals surface area contributed by atoms with Gasteiger partial charge in [-0.15, -0.1) is 21.5 Å². The molecule has 5 nitrogen and oxygen atoms in total. The first-order valence-electron chi connectivity index (χ1n) is 5.34. The Morgan fingerprint density at radius 2 is 2.29 bits per heavy atom. The van der Waals surface area contributed by atoms with Crippen LogP contribution in [0.25, 0.3) is 17.0 Å². The van der Waals surface area contributed by atoms with Gasteiger partial charge in [-0.25, -0.2) is 0 Å². The molecule has 0 amide bonds. The second kappa shape index (κ2) is 3.81. The molecule has 0 saturated heterocycles. The lowest BCUT2D eigenvalue weighted by Crippen LogP contribution is -1.94. The van der Waals surface area contributed by atoms with Crippen LogP contribution in [0.4, 0.5) is 5.00 Å². The van der Waals surface area contributed by atoms with Gasteiger partial charge in [0, 0.05) is 11.1 Å². The largest absolute Gasteiger partial charge is 0.390 e. The van der Waals surface area contributed by atoms with Crippen molar-refractivity contribution in [1.82, 2.24) is 19.8 Å². The summed E-state index contributed by atoms with van der Waals surface area (Å²) >= 11 is 1.59. The molecule has 0 aliphatic rings. The molecule has 0 spiro atoms. The van der Waals surface area contributed by atoms with Crippen LogP contribution in [0.3, 0.4) is 0 Å². The van der Waals surface area contributed by atoms with Gasteiger partial charge in [-0.3, -0.25) is 0 Å². The molecule has 0 atom stereocenters. The van der Waals surface area contributed by atoms with E-state index in [-0.39, 0.29) is 0 Å². The van der Waals surface area contributed by atoms with Crippen LogP contribution in [0.2, 0.25) is 0 Å². The van der Waals surface area contributed by atoms with Gasteiger partial charge in [0.2, 0.25) is 0 Å². The van der Waals surface area contributed by atoms with E-state index in [0.717, 1.165) is 22.6 Å². The fourth-order valence-electron chi connectivity index (χ4n) is 1.72. The third-order valence-electron chi connectivity index (χ3n) is 2.58. The van der Waals surface area contributed by atoms with Crippen molar-refractivity contribution in [2.24, 2.45) is 0 Å². The maximum atomic E-state index is 6.01. The summed E-state index contributed by atoms with van der Waals surface area (Å²) in [5.41, 5.74) is 7.65. The highest BCUT2D eigenvalue weighted by Gasteiger charge is 2.14. The summed E-state index contributed by atoms with van der Waals surface area (Å²) in [5.74, 6) is 0.703. The molecule has 3 aromatic heterocycles. The highest BCUT2D eigenvalue weighted by Crippen LogP contribution is 2.32. The number of nitrogens with zero attached hydrogens (tertiary/aromatic N) is 4. The molecule has 2 N–H and O–H groups in total. The van der Waals surface area contributed by atoms with E-state index in [1.165, 1.54) is 4.88 Å². The molecule has 0 aromatic carbocycles. The van der Waals surface area contributed by atoms with Gasteiger partial charge >= 0.3 is 0 Å². The third kappa shape index (κ3) is 1.57. The van der Waals surface area contributed by atoms with E-state index in [4.69, 9.17) is 5.73 Å². The van der Waals surface area contributed by atoms with E-state index >= 15 is 0 Å². The predicted molar refractivity (Wildman–Crippen MR) is 67.9 cm³/mol. The second-order valence-electron chi connectivity index (χ2n) is 3.66. The summed E-state index contributed by atoms with van der Waals surface area (Å²) in [5, 5.41) is 13.2. The number of aryl methyl sites for hydroxylation is 1. The van der Waals surface area contributed by atoms with E-state index < -0.39 is 0 Å². The zero-order chi connectivity index (χ0) is 11.8. The van der Waals surface area contributed by atoms with Gasteiger partial charge in [0.15, 0.2) is 11.5 Å². The van der Waals surface area contributed by atoms with Crippen molar-refractivity contribution in [2.75, 3.05) is 5.73 Å². The maximum absolute atomic E-state index is 6.01. The molecule has 0 unspecified atom stereocenters. The number of hydrogen-bond donors (Lipinski definition) is 1. The second-order valence-corrected chi connectivity index (χ2v) is 4.83. The molecule has 17 heavy (non-hydrogen) atoms. The van der Waals surface area contributed by atoms with Crippen LogP contribution in [0, 0.1) is 0 Å². The Morgan fingerprint density at radius 3 is 3.06 bits per heavy atom.